The molecule has 0 saturated heterocycles. The fourth-order valence-electron chi connectivity index (χ4n) is 5.63. The van der Waals surface area contributed by atoms with Crippen LogP contribution in [-0.2, 0) is 29.9 Å². The molecular weight excluding hydrogens is 604 g/mol. The van der Waals surface area contributed by atoms with Crippen LogP contribution in [0.4, 0.5) is 5.69 Å². The van der Waals surface area contributed by atoms with Gasteiger partial charge in [0.2, 0.25) is 10.0 Å². The van der Waals surface area contributed by atoms with Gasteiger partial charge in [-0.3, -0.25) is 9.52 Å². The number of aliphatic hydroxyl groups is 1. The Hall–Kier alpha value is -4.54. The molecule has 0 atom stereocenters. The number of fused-ring (bicyclic) bond motifs is 1. The van der Waals surface area contributed by atoms with Crippen LogP contribution in [0.3, 0.4) is 0 Å². The van der Waals surface area contributed by atoms with Gasteiger partial charge in [-0.2, -0.15) is 0 Å². The molecule has 0 aliphatic rings. The zero-order valence-electron chi connectivity index (χ0n) is 27.1. The van der Waals surface area contributed by atoms with Crippen molar-refractivity contribution in [3.8, 4) is 39.7 Å². The van der Waals surface area contributed by atoms with Gasteiger partial charge in [-0.25, -0.2) is 8.42 Å². The minimum absolute atomic E-state index is 0.0847. The van der Waals surface area contributed by atoms with Crippen molar-refractivity contribution in [3.63, 3.8) is 0 Å². The Labute approximate surface area is 269 Å². The van der Waals surface area contributed by atoms with Crippen LogP contribution >= 0.6 is 0 Å². The van der Waals surface area contributed by atoms with Gasteiger partial charge in [0.05, 0.1) is 17.7 Å². The number of nitrogens with one attached hydrogen (secondary N) is 1. The van der Waals surface area contributed by atoms with Crippen molar-refractivity contribution in [1.29, 1.82) is 0 Å². The largest absolute Gasteiger partial charge is 0.491 e. The average Bonchev–Trinajstić information content (AvgIpc) is 3.49. The predicted molar refractivity (Wildman–Crippen MR) is 183 cm³/mol. The van der Waals surface area contributed by atoms with Gasteiger partial charge in [-0.15, -0.1) is 0 Å². The van der Waals surface area contributed by atoms with Crippen molar-refractivity contribution < 1.29 is 27.4 Å². The number of benzene rings is 3. The number of sulfonamides is 1. The number of nitrogens with zero attached hydrogens (tertiary/aromatic N) is 1. The van der Waals surface area contributed by atoms with E-state index in [1.807, 2.05) is 44.2 Å². The summed E-state index contributed by atoms with van der Waals surface area (Å²) in [5, 5.41) is 9.59. The van der Waals surface area contributed by atoms with Crippen LogP contribution in [0.1, 0.15) is 43.0 Å². The van der Waals surface area contributed by atoms with Gasteiger partial charge < -0.3 is 23.6 Å². The quantitative estimate of drug-likeness (QED) is 0.148. The molecule has 0 radical (unpaired) electrons. The Kier molecular flexibility index (Phi) is 9.60. The molecule has 46 heavy (non-hydrogen) atoms. The summed E-state index contributed by atoms with van der Waals surface area (Å²) < 4.78 is 48.1. The Balaban J connectivity index is 1.73. The summed E-state index contributed by atoms with van der Waals surface area (Å²) in [6, 6.07) is 16.8. The maximum Gasteiger partial charge on any atom is 0.261 e. The second kappa shape index (κ2) is 13.4. The van der Waals surface area contributed by atoms with Crippen LogP contribution in [0.15, 0.2) is 70.0 Å². The molecule has 5 aromatic rings. The van der Waals surface area contributed by atoms with Gasteiger partial charge in [0.25, 0.3) is 5.56 Å². The Morgan fingerprint density at radius 2 is 1.59 bits per heavy atom. The summed E-state index contributed by atoms with van der Waals surface area (Å²) in [5.41, 5.74) is 6.20. The van der Waals surface area contributed by atoms with Crippen LogP contribution in [-0.4, -0.2) is 37.1 Å². The first-order valence-electron chi connectivity index (χ1n) is 15.4. The molecule has 2 aromatic heterocycles. The lowest BCUT2D eigenvalue weighted by atomic mass is 10.0. The summed E-state index contributed by atoms with van der Waals surface area (Å²) in [4.78, 5) is 13.4. The highest BCUT2D eigenvalue weighted by Crippen LogP contribution is 2.42. The first-order chi connectivity index (χ1) is 22.0. The fourth-order valence-corrected chi connectivity index (χ4v) is 6.26. The van der Waals surface area contributed by atoms with E-state index in [-0.39, 0.29) is 24.5 Å². The molecule has 2 heterocycles. The number of para-hydroxylation sites is 1. The molecule has 0 unspecified atom stereocenters. The second-order valence-corrected chi connectivity index (χ2v) is 13.3. The first-order valence-corrected chi connectivity index (χ1v) is 17.1. The van der Waals surface area contributed by atoms with E-state index in [4.69, 9.17) is 13.9 Å². The monoisotopic (exact) mass is 644 g/mol. The van der Waals surface area contributed by atoms with Crippen LogP contribution < -0.4 is 19.8 Å². The minimum atomic E-state index is -3.57. The lowest BCUT2D eigenvalue weighted by Crippen LogP contribution is -2.16. The van der Waals surface area contributed by atoms with Crippen molar-refractivity contribution in [1.82, 2.24) is 4.57 Å². The number of hydrogen-bond donors (Lipinski definition) is 2. The van der Waals surface area contributed by atoms with Crippen LogP contribution in [0, 0.1) is 13.8 Å². The summed E-state index contributed by atoms with van der Waals surface area (Å²) in [5.74, 6) is 2.35. The number of rotatable bonds is 12. The van der Waals surface area contributed by atoms with Gasteiger partial charge in [-0.1, -0.05) is 32.0 Å². The Morgan fingerprint density at radius 1 is 0.913 bits per heavy atom. The molecule has 0 fully saturated rings. The molecule has 5 rings (SSSR count). The lowest BCUT2D eigenvalue weighted by molar-refractivity contribution is 0.200. The Morgan fingerprint density at radius 3 is 2.20 bits per heavy atom. The Bertz CT molecular complexity index is 2030. The lowest BCUT2D eigenvalue weighted by Gasteiger charge is -2.18. The highest BCUT2D eigenvalue weighted by Gasteiger charge is 2.22. The van der Waals surface area contributed by atoms with E-state index in [2.05, 4.69) is 18.6 Å². The van der Waals surface area contributed by atoms with E-state index < -0.39 is 10.0 Å². The maximum absolute atomic E-state index is 13.4. The predicted octanol–water partition coefficient (Wildman–Crippen LogP) is 7.13. The van der Waals surface area contributed by atoms with Crippen molar-refractivity contribution in [2.75, 3.05) is 23.7 Å². The number of furan rings is 1. The van der Waals surface area contributed by atoms with Crippen molar-refractivity contribution in [2.45, 2.75) is 47.5 Å². The van der Waals surface area contributed by atoms with E-state index >= 15 is 0 Å². The van der Waals surface area contributed by atoms with E-state index in [0.29, 0.717) is 45.0 Å². The van der Waals surface area contributed by atoms with Gasteiger partial charge in [0, 0.05) is 35.6 Å². The number of aliphatic hydroxyl groups excluding tert-OH is 1. The highest BCUT2D eigenvalue weighted by atomic mass is 32.2. The van der Waals surface area contributed by atoms with E-state index in [1.165, 1.54) is 4.57 Å². The number of pyridine rings is 1. The maximum atomic E-state index is 13.4. The van der Waals surface area contributed by atoms with Gasteiger partial charge in [-0.05, 0) is 92.3 Å². The van der Waals surface area contributed by atoms with Gasteiger partial charge in [0.1, 0.15) is 35.2 Å². The molecule has 0 saturated carbocycles. The second-order valence-electron chi connectivity index (χ2n) is 11.3. The zero-order chi connectivity index (χ0) is 33.2. The van der Waals surface area contributed by atoms with Gasteiger partial charge in [0.15, 0.2) is 0 Å². The smallest absolute Gasteiger partial charge is 0.261 e. The van der Waals surface area contributed by atoms with Crippen LogP contribution in [0.25, 0.3) is 33.4 Å². The molecular formula is C36H40N2O7S. The molecule has 9 nitrogen and oxygen atoms in total. The molecule has 3 aromatic carbocycles. The number of anilines is 1. The third-order valence-electron chi connectivity index (χ3n) is 8.01. The highest BCUT2D eigenvalue weighted by molar-refractivity contribution is 7.92. The average molecular weight is 645 g/mol. The summed E-state index contributed by atoms with van der Waals surface area (Å²) in [6.07, 6.45) is 3.22. The molecule has 0 aliphatic heterocycles. The summed E-state index contributed by atoms with van der Waals surface area (Å²) in [7, 11) is -1.89. The molecule has 0 amide bonds. The third-order valence-corrected chi connectivity index (χ3v) is 9.31. The summed E-state index contributed by atoms with van der Waals surface area (Å²) in [6.45, 7) is 9.65. The third kappa shape index (κ3) is 6.54. The molecule has 242 valence electrons. The molecule has 2 N–H and O–H groups in total. The molecule has 0 aliphatic carbocycles. The van der Waals surface area contributed by atoms with Crippen LogP contribution in [0.2, 0.25) is 0 Å². The minimum Gasteiger partial charge on any atom is -0.491 e. The van der Waals surface area contributed by atoms with Crippen molar-refractivity contribution in [2.24, 2.45) is 7.05 Å². The zero-order valence-corrected chi connectivity index (χ0v) is 27.9. The van der Waals surface area contributed by atoms with E-state index in [9.17, 15) is 18.3 Å². The van der Waals surface area contributed by atoms with Gasteiger partial charge >= 0.3 is 0 Å². The van der Waals surface area contributed by atoms with Crippen molar-refractivity contribution in [3.05, 3.63) is 93.4 Å². The first kappa shape index (κ1) is 32.8. The van der Waals surface area contributed by atoms with E-state index in [1.54, 1.807) is 44.4 Å². The number of aromatic nitrogens is 1. The normalized spacial score (nSPS) is 11.6. The van der Waals surface area contributed by atoms with Crippen LogP contribution in [0.5, 0.6) is 17.2 Å². The molecule has 0 spiro atoms. The standard InChI is InChI=1S/C36H40N2O7S/c1-7-24-11-10-12-25(8-2)34(24)44-31-14-13-27(37-46(41,42)9-3)19-28(31)30-21-38(6)36(40)29-20-32(45-35(29)30)26-17-22(4)33(23(5)18-26)43-16-15-39/h10-14,17-21,37,39H,7-9,15-16H2,1-6H3. The number of ether oxygens (including phenoxy) is 2. The topological polar surface area (TPSA) is 120 Å². The fraction of sp³-hybridized carbons (Fsp3) is 0.306. The number of aryl methyl sites for hydroxylation is 5. The summed E-state index contributed by atoms with van der Waals surface area (Å²) >= 11 is 0. The molecule has 0 bridgehead atoms. The van der Waals surface area contributed by atoms with E-state index in [0.717, 1.165) is 46.4 Å². The number of hydrogen-bond acceptors (Lipinski definition) is 7. The molecule has 10 heteroatoms. The SMILES string of the molecule is CCc1cccc(CC)c1Oc1ccc(NS(=O)(=O)CC)cc1-c1cn(C)c(=O)c2cc(-c3cc(C)c(OCCO)c(C)c3)oc12. The van der Waals surface area contributed by atoms with Crippen molar-refractivity contribution >= 4 is 26.7 Å².